The SMILES string of the molecule is CCCCCCCCCCCCCCCCCCCCCC(=O)OC[C@H](COP(=O)(O)OC[C@@H](O)COP(=O)(O)OC[C@@H](COC(=O)CCCCCCCCCCCC(C)C)OC(=O)CCCCCCCCCCCCCCCCCCCC)OC(=O)CCCCCCCCCCCCCCCCCCCCC. The van der Waals surface area contributed by atoms with Gasteiger partial charge in [-0.15, -0.1) is 0 Å². The van der Waals surface area contributed by atoms with Crippen LogP contribution in [0.25, 0.3) is 0 Å². The number of hydrogen-bond donors (Lipinski definition) is 3. The number of carbonyl (C=O) groups excluding carboxylic acids is 4. The van der Waals surface area contributed by atoms with Gasteiger partial charge in [-0.1, -0.05) is 433 Å². The average molecular weight is 1580 g/mol. The third kappa shape index (κ3) is 82.1. The van der Waals surface area contributed by atoms with Crippen molar-refractivity contribution < 1.29 is 80.2 Å². The lowest BCUT2D eigenvalue weighted by atomic mass is 10.0. The van der Waals surface area contributed by atoms with E-state index in [1.165, 1.54) is 308 Å². The summed E-state index contributed by atoms with van der Waals surface area (Å²) >= 11 is 0. The van der Waals surface area contributed by atoms with Gasteiger partial charge >= 0.3 is 39.5 Å². The topological polar surface area (TPSA) is 237 Å². The second-order valence-electron chi connectivity index (χ2n) is 32.5. The first kappa shape index (κ1) is 106. The van der Waals surface area contributed by atoms with Crippen molar-refractivity contribution in [2.45, 2.75) is 502 Å². The number of esters is 4. The zero-order valence-corrected chi connectivity index (χ0v) is 72.8. The standard InChI is InChI=1S/C89H174O17P2/c1-6-9-12-15-18-21-24-27-30-33-36-39-41-44-47-52-57-62-67-72-86(91)99-78-84(105-88(93)74-70-65-60-54-49-46-43-40-37-34-31-28-25-22-19-16-13-10-7-2)80-103-107(95,96)101-76-83(90)77-102-108(97,98)104-81-85(79-100-87(92)73-68-63-58-55-50-51-56-61-66-71-82(4)5)106-89(94)75-69-64-59-53-48-45-42-38-35-32-29-26-23-20-17-14-11-8-3/h82-85,90H,6-81H2,1-5H3,(H,95,96)(H,97,98)/t83-,84-,85-/m1/s1. The second-order valence-corrected chi connectivity index (χ2v) is 35.4. The van der Waals surface area contributed by atoms with Crippen LogP contribution >= 0.6 is 15.6 Å². The van der Waals surface area contributed by atoms with Gasteiger partial charge in [0.05, 0.1) is 26.4 Å². The molecule has 0 saturated carbocycles. The van der Waals surface area contributed by atoms with Gasteiger partial charge in [0.2, 0.25) is 0 Å². The molecule has 0 aromatic carbocycles. The number of unbranched alkanes of at least 4 members (excludes halogenated alkanes) is 61. The van der Waals surface area contributed by atoms with Gasteiger partial charge in [0.1, 0.15) is 19.3 Å². The number of ether oxygens (including phenoxy) is 4. The average Bonchev–Trinajstić information content (AvgIpc) is 0.900. The molecule has 17 nitrogen and oxygen atoms in total. The number of rotatable bonds is 89. The predicted octanol–water partition coefficient (Wildman–Crippen LogP) is 27.5. The Morgan fingerprint density at radius 2 is 0.426 bits per heavy atom. The number of phosphoric ester groups is 2. The highest BCUT2D eigenvalue weighted by Crippen LogP contribution is 2.45. The van der Waals surface area contributed by atoms with Crippen LogP contribution in [0.4, 0.5) is 0 Å². The molecule has 3 N–H and O–H groups in total. The molecule has 0 aliphatic carbocycles. The first-order valence-corrected chi connectivity index (χ1v) is 49.1. The molecule has 0 aliphatic rings. The molecule has 0 saturated heterocycles. The quantitative estimate of drug-likeness (QED) is 0.0222. The van der Waals surface area contributed by atoms with Gasteiger partial charge in [0.25, 0.3) is 0 Å². The molecule has 642 valence electrons. The van der Waals surface area contributed by atoms with E-state index in [1.807, 2.05) is 0 Å². The summed E-state index contributed by atoms with van der Waals surface area (Å²) in [4.78, 5) is 73.4. The van der Waals surface area contributed by atoms with Gasteiger partial charge in [-0.05, 0) is 31.6 Å². The summed E-state index contributed by atoms with van der Waals surface area (Å²) in [6.07, 6.45) is 76.4. The zero-order valence-electron chi connectivity index (χ0n) is 71.0. The van der Waals surface area contributed by atoms with Crippen LogP contribution in [0, 0.1) is 5.92 Å². The molecular formula is C89H174O17P2. The van der Waals surface area contributed by atoms with Crippen LogP contribution in [0.5, 0.6) is 0 Å². The maximum Gasteiger partial charge on any atom is 0.472 e. The molecule has 0 bridgehead atoms. The van der Waals surface area contributed by atoms with Crippen molar-refractivity contribution >= 4 is 39.5 Å². The van der Waals surface area contributed by atoms with Crippen LogP contribution in [-0.4, -0.2) is 96.7 Å². The summed E-state index contributed by atoms with van der Waals surface area (Å²) in [6.45, 7) is 7.37. The van der Waals surface area contributed by atoms with Crippen molar-refractivity contribution in [3.63, 3.8) is 0 Å². The zero-order chi connectivity index (χ0) is 79.0. The molecule has 0 aliphatic heterocycles. The van der Waals surface area contributed by atoms with E-state index >= 15 is 0 Å². The smallest absolute Gasteiger partial charge is 0.462 e. The highest BCUT2D eigenvalue weighted by atomic mass is 31.2. The minimum atomic E-state index is -4.97. The lowest BCUT2D eigenvalue weighted by Crippen LogP contribution is -2.30. The first-order valence-electron chi connectivity index (χ1n) is 46.1. The molecule has 0 aromatic rings. The Hall–Kier alpha value is -1.94. The maximum absolute atomic E-state index is 13.2. The predicted molar refractivity (Wildman–Crippen MR) is 446 cm³/mol. The molecule has 0 amide bonds. The van der Waals surface area contributed by atoms with Gasteiger partial charge < -0.3 is 33.8 Å². The van der Waals surface area contributed by atoms with E-state index in [2.05, 4.69) is 34.6 Å². The Bertz CT molecular complexity index is 2050. The van der Waals surface area contributed by atoms with Crippen LogP contribution < -0.4 is 0 Å². The summed E-state index contributed by atoms with van der Waals surface area (Å²) in [5, 5.41) is 10.7. The van der Waals surface area contributed by atoms with Gasteiger partial charge in [-0.25, -0.2) is 9.13 Å². The van der Waals surface area contributed by atoms with E-state index in [9.17, 15) is 43.2 Å². The highest BCUT2D eigenvalue weighted by molar-refractivity contribution is 7.47. The number of aliphatic hydroxyl groups excluding tert-OH is 1. The maximum atomic E-state index is 13.2. The summed E-state index contributed by atoms with van der Waals surface area (Å²) in [5.41, 5.74) is 0. The minimum absolute atomic E-state index is 0.109. The van der Waals surface area contributed by atoms with Crippen LogP contribution in [0.15, 0.2) is 0 Å². The van der Waals surface area contributed by atoms with E-state index in [0.717, 1.165) is 95.8 Å². The van der Waals surface area contributed by atoms with Gasteiger partial charge in [0, 0.05) is 25.7 Å². The van der Waals surface area contributed by atoms with Crippen molar-refractivity contribution in [2.24, 2.45) is 5.92 Å². The molecule has 2 unspecified atom stereocenters. The van der Waals surface area contributed by atoms with Crippen LogP contribution in [0.2, 0.25) is 0 Å². The summed E-state index contributed by atoms with van der Waals surface area (Å²) < 4.78 is 69.0. The lowest BCUT2D eigenvalue weighted by molar-refractivity contribution is -0.161. The molecule has 0 aromatic heterocycles. The number of hydrogen-bond acceptors (Lipinski definition) is 15. The Labute approximate surface area is 664 Å². The van der Waals surface area contributed by atoms with Gasteiger partial charge in [-0.2, -0.15) is 0 Å². The van der Waals surface area contributed by atoms with E-state index in [0.29, 0.717) is 25.7 Å². The number of phosphoric acid groups is 2. The molecule has 0 fully saturated rings. The van der Waals surface area contributed by atoms with Crippen molar-refractivity contribution in [3.05, 3.63) is 0 Å². The monoisotopic (exact) mass is 1580 g/mol. The normalized spacial score (nSPS) is 13.7. The fourth-order valence-corrected chi connectivity index (χ4v) is 15.6. The summed E-state index contributed by atoms with van der Waals surface area (Å²) in [5.74, 6) is -1.35. The molecule has 0 heterocycles. The van der Waals surface area contributed by atoms with E-state index < -0.39 is 97.5 Å². The molecule has 19 heteroatoms. The largest absolute Gasteiger partial charge is 0.472 e. The molecule has 108 heavy (non-hydrogen) atoms. The fraction of sp³-hybridized carbons (Fsp3) is 0.955. The molecule has 0 spiro atoms. The highest BCUT2D eigenvalue weighted by Gasteiger charge is 2.30. The Balaban J connectivity index is 5.25. The van der Waals surface area contributed by atoms with Gasteiger partial charge in [0.15, 0.2) is 12.2 Å². The molecule has 0 rings (SSSR count). The third-order valence-corrected chi connectivity index (χ3v) is 22.9. The van der Waals surface area contributed by atoms with E-state index in [-0.39, 0.29) is 25.7 Å². The first-order chi connectivity index (χ1) is 52.5. The van der Waals surface area contributed by atoms with Crippen molar-refractivity contribution in [3.8, 4) is 0 Å². The molecule has 0 radical (unpaired) electrons. The van der Waals surface area contributed by atoms with Crippen LogP contribution in [0.1, 0.15) is 484 Å². The van der Waals surface area contributed by atoms with Crippen LogP contribution in [-0.2, 0) is 65.4 Å². The summed E-state index contributed by atoms with van der Waals surface area (Å²) in [6, 6.07) is 0. The number of aliphatic hydroxyl groups is 1. The lowest BCUT2D eigenvalue weighted by Gasteiger charge is -2.21. The third-order valence-electron chi connectivity index (χ3n) is 21.0. The van der Waals surface area contributed by atoms with E-state index in [1.54, 1.807) is 0 Å². The Morgan fingerprint density at radius 3 is 0.630 bits per heavy atom. The number of carbonyl (C=O) groups is 4. The fourth-order valence-electron chi connectivity index (χ4n) is 14.0. The molecule has 5 atom stereocenters. The van der Waals surface area contributed by atoms with E-state index in [4.69, 9.17) is 37.0 Å². The van der Waals surface area contributed by atoms with Crippen LogP contribution in [0.3, 0.4) is 0 Å². The van der Waals surface area contributed by atoms with Crippen molar-refractivity contribution in [2.75, 3.05) is 39.6 Å². The Morgan fingerprint density at radius 1 is 0.250 bits per heavy atom. The summed E-state index contributed by atoms with van der Waals surface area (Å²) in [7, 11) is -9.93. The van der Waals surface area contributed by atoms with Gasteiger partial charge in [-0.3, -0.25) is 37.3 Å². The second kappa shape index (κ2) is 81.6. The molecular weight excluding hydrogens is 1400 g/mol. The van der Waals surface area contributed by atoms with Crippen molar-refractivity contribution in [1.29, 1.82) is 0 Å². The Kier molecular flexibility index (Phi) is 80.2. The minimum Gasteiger partial charge on any atom is -0.462 e. The van der Waals surface area contributed by atoms with Crippen molar-refractivity contribution in [1.82, 2.24) is 0 Å².